The Hall–Kier alpha value is -1.77. The maximum atomic E-state index is 11.2. The summed E-state index contributed by atoms with van der Waals surface area (Å²) in [6.07, 6.45) is 7.41. The molecule has 3 heteroatoms. The van der Waals surface area contributed by atoms with E-state index in [1.54, 1.807) is 12.1 Å². The quantitative estimate of drug-likeness (QED) is 0.785. The van der Waals surface area contributed by atoms with Crippen molar-refractivity contribution >= 4 is 11.7 Å². The second-order valence-electron chi connectivity index (χ2n) is 4.43. The fraction of sp³-hybridized carbons (Fsp3) is 0.357. The predicted octanol–water partition coefficient (Wildman–Crippen LogP) is 3.21. The summed E-state index contributed by atoms with van der Waals surface area (Å²) in [5.74, 6) is -0.873. The van der Waals surface area contributed by atoms with Crippen LogP contribution in [0.5, 0.6) is 0 Å². The van der Waals surface area contributed by atoms with E-state index in [1.807, 2.05) is 13.0 Å². The maximum absolute atomic E-state index is 11.2. The van der Waals surface area contributed by atoms with Crippen LogP contribution in [0.25, 0.3) is 0 Å². The largest absolute Gasteiger partial charge is 0.478 e. The summed E-state index contributed by atoms with van der Waals surface area (Å²) < 4.78 is 0. The molecular weight excluding hydrogens is 214 g/mol. The third-order valence-electron chi connectivity index (χ3n) is 3.12. The number of carboxylic acid groups (broad SMARTS) is 1. The first kappa shape index (κ1) is 11.7. The van der Waals surface area contributed by atoms with Gasteiger partial charge in [-0.25, -0.2) is 4.79 Å². The summed E-state index contributed by atoms with van der Waals surface area (Å²) >= 11 is 0. The number of nitrogens with one attached hydrogen (secondary N) is 1. The van der Waals surface area contributed by atoms with Crippen molar-refractivity contribution in [1.29, 1.82) is 0 Å². The normalized spacial score (nSPS) is 19.0. The SMILES string of the molecule is Cc1cccc(C(=O)O)c1NC1CC=CCC1. The number of hydrogen-bond donors (Lipinski definition) is 2. The fourth-order valence-corrected chi connectivity index (χ4v) is 2.17. The molecule has 1 unspecified atom stereocenters. The summed E-state index contributed by atoms with van der Waals surface area (Å²) in [4.78, 5) is 11.2. The Morgan fingerprint density at radius 3 is 2.88 bits per heavy atom. The Kier molecular flexibility index (Phi) is 3.47. The van der Waals surface area contributed by atoms with Crippen molar-refractivity contribution in [2.24, 2.45) is 0 Å². The summed E-state index contributed by atoms with van der Waals surface area (Å²) in [6.45, 7) is 1.94. The molecule has 3 nitrogen and oxygen atoms in total. The van der Waals surface area contributed by atoms with E-state index in [9.17, 15) is 4.79 Å². The first-order valence-corrected chi connectivity index (χ1v) is 5.93. The molecule has 1 aliphatic rings. The number of rotatable bonds is 3. The average Bonchev–Trinajstić information content (AvgIpc) is 2.33. The zero-order valence-electron chi connectivity index (χ0n) is 9.94. The molecule has 17 heavy (non-hydrogen) atoms. The fourth-order valence-electron chi connectivity index (χ4n) is 2.17. The molecule has 0 fully saturated rings. The van der Waals surface area contributed by atoms with Crippen LogP contribution in [-0.2, 0) is 0 Å². The summed E-state index contributed by atoms with van der Waals surface area (Å²) in [5, 5.41) is 12.5. The Balaban J connectivity index is 2.24. The standard InChI is InChI=1S/C14H17NO2/c1-10-6-5-9-12(14(16)17)13(10)15-11-7-3-2-4-8-11/h2-3,5-6,9,11,15H,4,7-8H2,1H3,(H,16,17). The molecule has 1 atom stereocenters. The predicted molar refractivity (Wildman–Crippen MR) is 68.5 cm³/mol. The summed E-state index contributed by atoms with van der Waals surface area (Å²) in [5.41, 5.74) is 2.11. The van der Waals surface area contributed by atoms with Crippen molar-refractivity contribution in [2.75, 3.05) is 5.32 Å². The van der Waals surface area contributed by atoms with Crippen LogP contribution in [0, 0.1) is 6.92 Å². The number of carboxylic acids is 1. The van der Waals surface area contributed by atoms with Gasteiger partial charge in [0.25, 0.3) is 0 Å². The van der Waals surface area contributed by atoms with Crippen LogP contribution in [0.4, 0.5) is 5.69 Å². The molecule has 0 aromatic heterocycles. The highest BCUT2D eigenvalue weighted by Crippen LogP contribution is 2.24. The smallest absolute Gasteiger partial charge is 0.337 e. The Morgan fingerprint density at radius 2 is 2.24 bits per heavy atom. The number of aromatic carboxylic acids is 1. The van der Waals surface area contributed by atoms with E-state index in [-0.39, 0.29) is 0 Å². The number of allylic oxidation sites excluding steroid dienone is 1. The zero-order valence-corrected chi connectivity index (χ0v) is 9.94. The molecule has 0 bridgehead atoms. The monoisotopic (exact) mass is 231 g/mol. The lowest BCUT2D eigenvalue weighted by Gasteiger charge is -2.23. The van der Waals surface area contributed by atoms with E-state index in [4.69, 9.17) is 5.11 Å². The molecule has 1 aromatic carbocycles. The van der Waals surface area contributed by atoms with Crippen molar-refractivity contribution in [3.63, 3.8) is 0 Å². The van der Waals surface area contributed by atoms with Crippen LogP contribution < -0.4 is 5.32 Å². The van der Waals surface area contributed by atoms with E-state index < -0.39 is 5.97 Å². The molecule has 2 N–H and O–H groups in total. The Bertz CT molecular complexity index is 452. The lowest BCUT2D eigenvalue weighted by Crippen LogP contribution is -2.22. The van der Waals surface area contributed by atoms with E-state index in [0.717, 1.165) is 30.5 Å². The first-order chi connectivity index (χ1) is 8.18. The molecule has 90 valence electrons. The molecule has 1 aromatic rings. The van der Waals surface area contributed by atoms with Gasteiger partial charge < -0.3 is 10.4 Å². The van der Waals surface area contributed by atoms with Gasteiger partial charge in [-0.3, -0.25) is 0 Å². The molecule has 0 spiro atoms. The van der Waals surface area contributed by atoms with Gasteiger partial charge in [0.05, 0.1) is 11.3 Å². The van der Waals surface area contributed by atoms with Gasteiger partial charge in [-0.05, 0) is 37.8 Å². The highest BCUT2D eigenvalue weighted by molar-refractivity contribution is 5.95. The van der Waals surface area contributed by atoms with Crippen molar-refractivity contribution in [1.82, 2.24) is 0 Å². The van der Waals surface area contributed by atoms with E-state index in [2.05, 4.69) is 17.5 Å². The topological polar surface area (TPSA) is 49.3 Å². The molecule has 0 radical (unpaired) electrons. The number of para-hydroxylation sites is 1. The number of benzene rings is 1. The Morgan fingerprint density at radius 1 is 1.41 bits per heavy atom. The molecule has 0 saturated heterocycles. The second kappa shape index (κ2) is 5.04. The molecule has 1 aliphatic carbocycles. The lowest BCUT2D eigenvalue weighted by atomic mass is 10.00. The molecule has 2 rings (SSSR count). The van der Waals surface area contributed by atoms with Gasteiger partial charge in [-0.15, -0.1) is 0 Å². The molecule has 0 heterocycles. The van der Waals surface area contributed by atoms with Crippen molar-refractivity contribution in [2.45, 2.75) is 32.2 Å². The van der Waals surface area contributed by atoms with Crippen LogP contribution in [0.1, 0.15) is 35.2 Å². The third-order valence-corrected chi connectivity index (χ3v) is 3.12. The van der Waals surface area contributed by atoms with Gasteiger partial charge in [0.15, 0.2) is 0 Å². The van der Waals surface area contributed by atoms with Crippen molar-refractivity contribution in [3.8, 4) is 0 Å². The number of hydrogen-bond acceptors (Lipinski definition) is 2. The van der Waals surface area contributed by atoms with Crippen LogP contribution in [-0.4, -0.2) is 17.1 Å². The van der Waals surface area contributed by atoms with Gasteiger partial charge in [0.2, 0.25) is 0 Å². The minimum atomic E-state index is -0.873. The van der Waals surface area contributed by atoms with Crippen LogP contribution in [0.2, 0.25) is 0 Å². The van der Waals surface area contributed by atoms with Gasteiger partial charge in [-0.2, -0.15) is 0 Å². The molecule has 0 saturated carbocycles. The van der Waals surface area contributed by atoms with Crippen molar-refractivity contribution in [3.05, 3.63) is 41.5 Å². The van der Waals surface area contributed by atoms with E-state index in [1.165, 1.54) is 0 Å². The van der Waals surface area contributed by atoms with E-state index >= 15 is 0 Å². The lowest BCUT2D eigenvalue weighted by molar-refractivity contribution is 0.0698. The minimum Gasteiger partial charge on any atom is -0.478 e. The molecular formula is C14H17NO2. The highest BCUT2D eigenvalue weighted by Gasteiger charge is 2.16. The van der Waals surface area contributed by atoms with Crippen LogP contribution in [0.15, 0.2) is 30.4 Å². The highest BCUT2D eigenvalue weighted by atomic mass is 16.4. The summed E-state index contributed by atoms with van der Waals surface area (Å²) in [6, 6.07) is 5.72. The molecule has 0 amide bonds. The van der Waals surface area contributed by atoms with Crippen LogP contribution in [0.3, 0.4) is 0 Å². The number of carbonyl (C=O) groups is 1. The minimum absolute atomic E-state index is 0.346. The van der Waals surface area contributed by atoms with Gasteiger partial charge in [0, 0.05) is 6.04 Å². The van der Waals surface area contributed by atoms with Crippen LogP contribution >= 0.6 is 0 Å². The first-order valence-electron chi connectivity index (χ1n) is 5.93. The molecule has 0 aliphatic heterocycles. The average molecular weight is 231 g/mol. The van der Waals surface area contributed by atoms with Gasteiger partial charge in [-0.1, -0.05) is 24.3 Å². The van der Waals surface area contributed by atoms with Gasteiger partial charge >= 0.3 is 5.97 Å². The third kappa shape index (κ3) is 2.67. The Labute approximate surface area is 101 Å². The van der Waals surface area contributed by atoms with Gasteiger partial charge in [0.1, 0.15) is 0 Å². The van der Waals surface area contributed by atoms with Crippen molar-refractivity contribution < 1.29 is 9.90 Å². The van der Waals surface area contributed by atoms with E-state index in [0.29, 0.717) is 11.6 Å². The zero-order chi connectivity index (χ0) is 12.3. The summed E-state index contributed by atoms with van der Waals surface area (Å²) in [7, 11) is 0. The number of aryl methyl sites for hydroxylation is 1. The number of anilines is 1. The maximum Gasteiger partial charge on any atom is 0.337 e. The second-order valence-corrected chi connectivity index (χ2v) is 4.43.